The molecule has 0 atom stereocenters. The predicted octanol–water partition coefficient (Wildman–Crippen LogP) is 2.79. The zero-order chi connectivity index (χ0) is 13.1. The number of nitrogens with zero attached hydrogens (tertiary/aromatic N) is 3. The Kier molecular flexibility index (Phi) is 3.41. The number of nitrogen functional groups attached to an aromatic ring is 1. The first-order valence-electron chi connectivity index (χ1n) is 6.06. The number of anilines is 1. The maximum Gasteiger partial charge on any atom is 0.256 e. The van der Waals surface area contributed by atoms with Crippen molar-refractivity contribution >= 4 is 28.5 Å². The van der Waals surface area contributed by atoms with Gasteiger partial charge in [0.1, 0.15) is 5.52 Å². The Morgan fingerprint density at radius 2 is 2.32 bits per heavy atom. The molecule has 0 bridgehead atoms. The summed E-state index contributed by atoms with van der Waals surface area (Å²) in [6.07, 6.45) is 6.63. The normalized spacial score (nSPS) is 11.2. The van der Waals surface area contributed by atoms with Crippen molar-refractivity contribution in [1.82, 2.24) is 14.5 Å². The molecular formula is C13H14N4OS. The Labute approximate surface area is 114 Å². The summed E-state index contributed by atoms with van der Waals surface area (Å²) < 4.78 is 7.70. The third kappa shape index (κ3) is 2.90. The van der Waals surface area contributed by atoms with E-state index < -0.39 is 0 Å². The van der Waals surface area contributed by atoms with Crippen LogP contribution in [0.5, 0.6) is 0 Å². The fourth-order valence-electron chi connectivity index (χ4n) is 1.81. The lowest BCUT2D eigenvalue weighted by atomic mass is 10.3. The van der Waals surface area contributed by atoms with Gasteiger partial charge in [0, 0.05) is 36.4 Å². The van der Waals surface area contributed by atoms with Gasteiger partial charge in [-0.3, -0.25) is 0 Å². The molecule has 3 aromatic rings. The summed E-state index contributed by atoms with van der Waals surface area (Å²) in [5.74, 6) is 0.959. The molecule has 0 saturated carbocycles. The molecule has 0 unspecified atom stereocenters. The quantitative estimate of drug-likeness (QED) is 0.440. The monoisotopic (exact) mass is 274 g/mol. The van der Waals surface area contributed by atoms with Crippen LogP contribution in [0.15, 0.2) is 46.6 Å². The summed E-state index contributed by atoms with van der Waals surface area (Å²) >= 11 is 1.62. The van der Waals surface area contributed by atoms with Gasteiger partial charge < -0.3 is 14.7 Å². The Morgan fingerprint density at radius 1 is 1.37 bits per heavy atom. The van der Waals surface area contributed by atoms with Crippen LogP contribution in [0.4, 0.5) is 5.69 Å². The standard InChI is InChI=1S/C13H14N4OS/c14-10-2-3-11-12(8-10)18-13(16-11)19-7-1-5-17-6-4-15-9-17/h2-4,6,8-9H,1,5,7,14H2. The molecule has 0 aliphatic carbocycles. The molecule has 0 aliphatic heterocycles. The number of fused-ring (bicyclic) bond motifs is 1. The minimum atomic E-state index is 0.695. The van der Waals surface area contributed by atoms with Gasteiger partial charge in [-0.1, -0.05) is 11.8 Å². The van der Waals surface area contributed by atoms with E-state index in [0.29, 0.717) is 10.9 Å². The van der Waals surface area contributed by atoms with Gasteiger partial charge in [-0.15, -0.1) is 0 Å². The predicted molar refractivity (Wildman–Crippen MR) is 76.0 cm³/mol. The molecule has 0 spiro atoms. The number of nitrogens with two attached hydrogens (primary N) is 1. The molecule has 0 fully saturated rings. The van der Waals surface area contributed by atoms with Crippen molar-refractivity contribution in [2.75, 3.05) is 11.5 Å². The van der Waals surface area contributed by atoms with E-state index in [1.165, 1.54) is 0 Å². The van der Waals surface area contributed by atoms with E-state index in [0.717, 1.165) is 29.8 Å². The molecule has 2 N–H and O–H groups in total. The Morgan fingerprint density at radius 3 is 3.16 bits per heavy atom. The van der Waals surface area contributed by atoms with Crippen LogP contribution in [0.2, 0.25) is 0 Å². The minimum Gasteiger partial charge on any atom is -0.431 e. The van der Waals surface area contributed by atoms with Crippen LogP contribution in [-0.2, 0) is 6.54 Å². The average Bonchev–Trinajstić information content (AvgIpc) is 3.02. The van der Waals surface area contributed by atoms with E-state index >= 15 is 0 Å². The summed E-state index contributed by atoms with van der Waals surface area (Å²) in [4.78, 5) is 8.42. The van der Waals surface area contributed by atoms with Crippen molar-refractivity contribution in [3.05, 3.63) is 36.9 Å². The summed E-state index contributed by atoms with van der Waals surface area (Å²) in [5.41, 5.74) is 8.00. The van der Waals surface area contributed by atoms with Gasteiger partial charge in [-0.25, -0.2) is 9.97 Å². The number of imidazole rings is 1. The zero-order valence-corrected chi connectivity index (χ0v) is 11.1. The number of aryl methyl sites for hydroxylation is 1. The lowest BCUT2D eigenvalue weighted by Crippen LogP contribution is -1.95. The fourth-order valence-corrected chi connectivity index (χ4v) is 2.57. The SMILES string of the molecule is Nc1ccc2nc(SCCCn3ccnc3)oc2c1. The summed E-state index contributed by atoms with van der Waals surface area (Å²) in [7, 11) is 0. The van der Waals surface area contributed by atoms with E-state index in [2.05, 4.69) is 14.5 Å². The van der Waals surface area contributed by atoms with Gasteiger partial charge in [0.05, 0.1) is 6.33 Å². The Hall–Kier alpha value is -1.95. The fraction of sp³-hybridized carbons (Fsp3) is 0.231. The number of oxazole rings is 1. The van der Waals surface area contributed by atoms with Crippen LogP contribution >= 0.6 is 11.8 Å². The highest BCUT2D eigenvalue weighted by Crippen LogP contribution is 2.25. The zero-order valence-electron chi connectivity index (χ0n) is 10.3. The van der Waals surface area contributed by atoms with Crippen LogP contribution in [0.1, 0.15) is 6.42 Å². The number of rotatable bonds is 5. The largest absolute Gasteiger partial charge is 0.431 e. The van der Waals surface area contributed by atoms with Gasteiger partial charge >= 0.3 is 0 Å². The highest BCUT2D eigenvalue weighted by atomic mass is 32.2. The second kappa shape index (κ2) is 5.36. The molecule has 0 saturated heterocycles. The third-order valence-corrected chi connectivity index (χ3v) is 3.65. The van der Waals surface area contributed by atoms with E-state index in [-0.39, 0.29) is 0 Å². The van der Waals surface area contributed by atoms with E-state index in [1.54, 1.807) is 24.0 Å². The molecule has 6 heteroatoms. The van der Waals surface area contributed by atoms with Crippen LogP contribution in [0, 0.1) is 0 Å². The molecule has 19 heavy (non-hydrogen) atoms. The van der Waals surface area contributed by atoms with Crippen LogP contribution in [0.25, 0.3) is 11.1 Å². The van der Waals surface area contributed by atoms with Gasteiger partial charge in [0.2, 0.25) is 0 Å². The van der Waals surface area contributed by atoms with Gasteiger partial charge in [0.25, 0.3) is 5.22 Å². The topological polar surface area (TPSA) is 69.9 Å². The second-order valence-corrected chi connectivity index (χ2v) is 5.26. The highest BCUT2D eigenvalue weighted by molar-refractivity contribution is 7.99. The number of hydrogen-bond acceptors (Lipinski definition) is 5. The maximum atomic E-state index is 5.71. The number of benzene rings is 1. The molecule has 3 rings (SSSR count). The first kappa shape index (κ1) is 12.1. The van der Waals surface area contributed by atoms with Crippen LogP contribution < -0.4 is 5.73 Å². The van der Waals surface area contributed by atoms with Gasteiger partial charge in [-0.2, -0.15) is 0 Å². The minimum absolute atomic E-state index is 0.695. The molecule has 0 aliphatic rings. The molecular weight excluding hydrogens is 260 g/mol. The summed E-state index contributed by atoms with van der Waals surface area (Å²) in [6.45, 7) is 0.959. The number of hydrogen-bond donors (Lipinski definition) is 1. The lowest BCUT2D eigenvalue weighted by molar-refractivity contribution is 0.489. The van der Waals surface area contributed by atoms with E-state index in [1.807, 2.05) is 24.7 Å². The summed E-state index contributed by atoms with van der Waals surface area (Å²) in [6, 6.07) is 5.51. The Bertz CT molecular complexity index is 662. The first-order valence-corrected chi connectivity index (χ1v) is 7.04. The first-order chi connectivity index (χ1) is 9.31. The van der Waals surface area contributed by atoms with Crippen LogP contribution in [-0.4, -0.2) is 20.3 Å². The van der Waals surface area contributed by atoms with E-state index in [9.17, 15) is 0 Å². The molecule has 2 heterocycles. The van der Waals surface area contributed by atoms with Crippen molar-refractivity contribution in [2.45, 2.75) is 18.2 Å². The number of aromatic nitrogens is 3. The maximum absolute atomic E-state index is 5.71. The summed E-state index contributed by atoms with van der Waals surface area (Å²) in [5, 5.41) is 0.700. The molecule has 2 aromatic heterocycles. The van der Waals surface area contributed by atoms with Gasteiger partial charge in [-0.05, 0) is 18.6 Å². The third-order valence-electron chi connectivity index (χ3n) is 2.74. The smallest absolute Gasteiger partial charge is 0.256 e. The van der Waals surface area contributed by atoms with Crippen molar-refractivity contribution in [3.8, 4) is 0 Å². The van der Waals surface area contributed by atoms with Crippen molar-refractivity contribution < 1.29 is 4.42 Å². The highest BCUT2D eigenvalue weighted by Gasteiger charge is 2.06. The molecule has 98 valence electrons. The second-order valence-electron chi connectivity index (χ2n) is 4.21. The Balaban J connectivity index is 1.56. The molecule has 0 amide bonds. The molecule has 5 nitrogen and oxygen atoms in total. The van der Waals surface area contributed by atoms with Crippen molar-refractivity contribution in [2.24, 2.45) is 0 Å². The van der Waals surface area contributed by atoms with Gasteiger partial charge in [0.15, 0.2) is 5.58 Å². The number of thioether (sulfide) groups is 1. The molecule has 0 radical (unpaired) electrons. The van der Waals surface area contributed by atoms with E-state index in [4.69, 9.17) is 10.2 Å². The van der Waals surface area contributed by atoms with Crippen molar-refractivity contribution in [1.29, 1.82) is 0 Å². The molecule has 1 aromatic carbocycles. The lowest BCUT2D eigenvalue weighted by Gasteiger charge is -1.99. The average molecular weight is 274 g/mol. The van der Waals surface area contributed by atoms with Crippen LogP contribution in [0.3, 0.4) is 0 Å². The van der Waals surface area contributed by atoms with Crippen molar-refractivity contribution in [3.63, 3.8) is 0 Å².